The molecule has 0 aromatic carbocycles. The Bertz CT molecular complexity index is 868. The van der Waals surface area contributed by atoms with Crippen LogP contribution in [0.1, 0.15) is 43.2 Å². The van der Waals surface area contributed by atoms with E-state index >= 15 is 0 Å². The van der Waals surface area contributed by atoms with Crippen LogP contribution < -0.4 is 5.56 Å². The molecule has 0 unspecified atom stereocenters. The minimum atomic E-state index is -0.963. The van der Waals surface area contributed by atoms with E-state index < -0.39 is 6.09 Å². The van der Waals surface area contributed by atoms with Crippen LogP contribution in [-0.2, 0) is 19.5 Å². The summed E-state index contributed by atoms with van der Waals surface area (Å²) in [4.78, 5) is 30.4. The third-order valence-electron chi connectivity index (χ3n) is 5.65. The summed E-state index contributed by atoms with van der Waals surface area (Å²) in [6.45, 7) is 1.30. The maximum atomic E-state index is 13.2. The molecule has 0 atom stereocenters. The molecule has 132 valence electrons. The summed E-state index contributed by atoms with van der Waals surface area (Å²) in [5, 5.41) is 10.3. The number of fused-ring (bicyclic) bond motifs is 3. The van der Waals surface area contributed by atoms with E-state index in [1.807, 2.05) is 12.1 Å². The molecule has 1 amide bonds. The topological polar surface area (TPSA) is 75.4 Å². The van der Waals surface area contributed by atoms with E-state index in [1.165, 1.54) is 24.2 Å². The third kappa shape index (κ3) is 2.90. The van der Waals surface area contributed by atoms with Crippen molar-refractivity contribution in [3.8, 4) is 0 Å². The minimum Gasteiger partial charge on any atom is -0.465 e. The molecule has 1 fully saturated rings. The van der Waals surface area contributed by atoms with Gasteiger partial charge in [-0.2, -0.15) is 0 Å². The molecule has 0 saturated heterocycles. The van der Waals surface area contributed by atoms with Crippen molar-refractivity contribution < 1.29 is 9.90 Å². The number of carbonyl (C=O) groups is 1. The number of rotatable bonds is 2. The lowest BCUT2D eigenvalue weighted by Gasteiger charge is -2.29. The first-order valence-electron chi connectivity index (χ1n) is 9.12. The molecule has 1 aliphatic heterocycles. The summed E-state index contributed by atoms with van der Waals surface area (Å²) in [7, 11) is 0. The first-order valence-corrected chi connectivity index (χ1v) is 9.12. The van der Waals surface area contributed by atoms with Crippen molar-refractivity contribution in [1.82, 2.24) is 14.5 Å². The van der Waals surface area contributed by atoms with Crippen molar-refractivity contribution in [3.63, 3.8) is 0 Å². The van der Waals surface area contributed by atoms with Gasteiger partial charge in [0.2, 0.25) is 0 Å². The highest BCUT2D eigenvalue weighted by molar-refractivity contribution is 5.81. The number of amides is 1. The quantitative estimate of drug-likeness (QED) is 0.911. The molecule has 1 aliphatic carbocycles. The number of hydrogen-bond donors (Lipinski definition) is 1. The molecule has 0 spiro atoms. The van der Waals surface area contributed by atoms with Crippen molar-refractivity contribution in [1.29, 1.82) is 0 Å². The predicted molar refractivity (Wildman–Crippen MR) is 94.7 cm³/mol. The van der Waals surface area contributed by atoms with Crippen molar-refractivity contribution in [2.75, 3.05) is 6.54 Å². The molecule has 2 aliphatic rings. The maximum Gasteiger partial charge on any atom is 0.407 e. The summed E-state index contributed by atoms with van der Waals surface area (Å²) in [5.41, 5.74) is 2.30. The predicted octanol–water partition coefficient (Wildman–Crippen LogP) is 3.01. The lowest BCUT2D eigenvalue weighted by atomic mass is 9.89. The Morgan fingerprint density at radius 2 is 2.04 bits per heavy atom. The summed E-state index contributed by atoms with van der Waals surface area (Å²) in [6.07, 6.45) is 7.38. The Kier molecular flexibility index (Phi) is 4.19. The van der Waals surface area contributed by atoms with Crippen molar-refractivity contribution in [3.05, 3.63) is 39.8 Å². The molecular formula is C19H23N3O3. The average Bonchev–Trinajstić information content (AvgIpc) is 2.65. The molecule has 4 rings (SSSR count). The minimum absolute atomic E-state index is 0.0577. The number of pyridine rings is 2. The standard InChI is InChI=1S/C19H23N3O3/c23-18-16-12-21(19(24)25)10-8-14(16)15-7-4-9-20-17(15)22(18)11-13-5-2-1-3-6-13/h4,7,9,13H,1-3,5-6,8,10-12H2,(H,24,25). The van der Waals surface area contributed by atoms with Gasteiger partial charge in [-0.15, -0.1) is 0 Å². The van der Waals surface area contributed by atoms with Crippen LogP contribution in [0.4, 0.5) is 4.79 Å². The Labute approximate surface area is 146 Å². The second-order valence-corrected chi connectivity index (χ2v) is 7.21. The molecule has 6 heteroatoms. The van der Waals surface area contributed by atoms with E-state index in [0.717, 1.165) is 29.4 Å². The van der Waals surface area contributed by atoms with Crippen LogP contribution >= 0.6 is 0 Å². The van der Waals surface area contributed by atoms with Gasteiger partial charge in [-0.25, -0.2) is 9.78 Å². The largest absolute Gasteiger partial charge is 0.465 e. The number of carboxylic acid groups (broad SMARTS) is 1. The molecule has 0 bridgehead atoms. The molecule has 3 heterocycles. The lowest BCUT2D eigenvalue weighted by molar-refractivity contribution is 0.139. The number of nitrogens with zero attached hydrogens (tertiary/aromatic N) is 3. The summed E-state index contributed by atoms with van der Waals surface area (Å²) in [5.74, 6) is 0.508. The highest BCUT2D eigenvalue weighted by Gasteiger charge is 2.27. The van der Waals surface area contributed by atoms with Gasteiger partial charge in [-0.3, -0.25) is 9.36 Å². The molecule has 1 N–H and O–H groups in total. The fraction of sp³-hybridized carbons (Fsp3) is 0.526. The lowest BCUT2D eigenvalue weighted by Crippen LogP contribution is -2.40. The first kappa shape index (κ1) is 16.1. The normalized spacial score (nSPS) is 18.3. The molecule has 1 saturated carbocycles. The Balaban J connectivity index is 1.83. The van der Waals surface area contributed by atoms with Crippen LogP contribution in [-0.4, -0.2) is 32.2 Å². The van der Waals surface area contributed by atoms with Crippen LogP contribution in [0.15, 0.2) is 23.1 Å². The van der Waals surface area contributed by atoms with Crippen molar-refractivity contribution in [2.24, 2.45) is 5.92 Å². The van der Waals surface area contributed by atoms with Crippen molar-refractivity contribution >= 4 is 17.1 Å². The van der Waals surface area contributed by atoms with Gasteiger partial charge in [0, 0.05) is 30.2 Å². The fourth-order valence-corrected chi connectivity index (χ4v) is 4.32. The maximum absolute atomic E-state index is 13.2. The van der Waals surface area contributed by atoms with Gasteiger partial charge >= 0.3 is 6.09 Å². The van der Waals surface area contributed by atoms with Gasteiger partial charge in [0.15, 0.2) is 0 Å². The SMILES string of the molecule is O=C(O)N1CCc2c(c(=O)n(CC3CCCCC3)c3ncccc23)C1. The molecule has 2 aromatic rings. The molecule has 0 radical (unpaired) electrons. The molecule has 25 heavy (non-hydrogen) atoms. The first-order chi connectivity index (χ1) is 12.1. The fourth-order valence-electron chi connectivity index (χ4n) is 4.32. The van der Waals surface area contributed by atoms with E-state index in [1.54, 1.807) is 10.8 Å². The monoisotopic (exact) mass is 341 g/mol. The third-order valence-corrected chi connectivity index (χ3v) is 5.65. The highest BCUT2D eigenvalue weighted by atomic mass is 16.4. The Morgan fingerprint density at radius 1 is 1.24 bits per heavy atom. The van der Waals surface area contributed by atoms with Gasteiger partial charge in [0.1, 0.15) is 5.65 Å². The van der Waals surface area contributed by atoms with E-state index in [0.29, 0.717) is 31.0 Å². The highest BCUT2D eigenvalue weighted by Crippen LogP contribution is 2.28. The van der Waals surface area contributed by atoms with E-state index in [4.69, 9.17) is 0 Å². The zero-order valence-corrected chi connectivity index (χ0v) is 14.3. The number of hydrogen-bond acceptors (Lipinski definition) is 3. The average molecular weight is 341 g/mol. The van der Waals surface area contributed by atoms with Crippen LogP contribution in [0.5, 0.6) is 0 Å². The van der Waals surface area contributed by atoms with Gasteiger partial charge in [0.05, 0.1) is 6.54 Å². The van der Waals surface area contributed by atoms with Gasteiger partial charge in [0.25, 0.3) is 5.56 Å². The van der Waals surface area contributed by atoms with E-state index in [-0.39, 0.29) is 12.1 Å². The van der Waals surface area contributed by atoms with E-state index in [9.17, 15) is 14.7 Å². The van der Waals surface area contributed by atoms with Crippen LogP contribution in [0.2, 0.25) is 0 Å². The second-order valence-electron chi connectivity index (χ2n) is 7.21. The van der Waals surface area contributed by atoms with Crippen LogP contribution in [0.25, 0.3) is 11.0 Å². The summed E-state index contributed by atoms with van der Waals surface area (Å²) in [6, 6.07) is 3.90. The summed E-state index contributed by atoms with van der Waals surface area (Å²) < 4.78 is 1.80. The molecular weight excluding hydrogens is 318 g/mol. The molecule has 2 aromatic heterocycles. The van der Waals surface area contributed by atoms with Crippen LogP contribution in [0.3, 0.4) is 0 Å². The van der Waals surface area contributed by atoms with Crippen molar-refractivity contribution in [2.45, 2.75) is 51.6 Å². The van der Waals surface area contributed by atoms with Gasteiger partial charge < -0.3 is 10.0 Å². The number of aromatic nitrogens is 2. The molecule has 6 nitrogen and oxygen atoms in total. The Morgan fingerprint density at radius 3 is 2.80 bits per heavy atom. The van der Waals surface area contributed by atoms with Gasteiger partial charge in [-0.1, -0.05) is 19.3 Å². The zero-order valence-electron chi connectivity index (χ0n) is 14.3. The Hall–Kier alpha value is -2.37. The second kappa shape index (κ2) is 6.50. The zero-order chi connectivity index (χ0) is 17.4. The van der Waals surface area contributed by atoms with Gasteiger partial charge in [-0.05, 0) is 42.9 Å². The van der Waals surface area contributed by atoms with Crippen LogP contribution in [0, 0.1) is 5.92 Å². The smallest absolute Gasteiger partial charge is 0.407 e. The van der Waals surface area contributed by atoms with E-state index in [2.05, 4.69) is 4.98 Å². The summed E-state index contributed by atoms with van der Waals surface area (Å²) >= 11 is 0.